The Morgan fingerprint density at radius 3 is 2.61 bits per heavy atom. The molecule has 23 heavy (non-hydrogen) atoms. The fourth-order valence-corrected chi connectivity index (χ4v) is 2.71. The highest BCUT2D eigenvalue weighted by Gasteiger charge is 2.23. The van der Waals surface area contributed by atoms with Gasteiger partial charge in [-0.05, 0) is 38.1 Å². The van der Waals surface area contributed by atoms with E-state index in [4.69, 9.17) is 4.74 Å². The second-order valence-electron chi connectivity index (χ2n) is 5.76. The molecule has 6 heteroatoms. The summed E-state index contributed by atoms with van der Waals surface area (Å²) in [6, 6.07) is 7.24. The van der Waals surface area contributed by atoms with Crippen molar-refractivity contribution in [1.82, 2.24) is 9.97 Å². The van der Waals surface area contributed by atoms with Crippen molar-refractivity contribution in [3.05, 3.63) is 48.4 Å². The summed E-state index contributed by atoms with van der Waals surface area (Å²) in [5.41, 5.74) is 1.18. The van der Waals surface area contributed by atoms with Gasteiger partial charge in [0.05, 0.1) is 29.7 Å². The van der Waals surface area contributed by atoms with Crippen LogP contribution in [0.3, 0.4) is 0 Å². The lowest BCUT2D eigenvalue weighted by Crippen LogP contribution is -2.45. The van der Waals surface area contributed by atoms with Crippen LogP contribution < -0.4 is 10.2 Å². The van der Waals surface area contributed by atoms with Crippen LogP contribution >= 0.6 is 0 Å². The third-order valence-electron chi connectivity index (χ3n) is 3.67. The zero-order chi connectivity index (χ0) is 16.2. The summed E-state index contributed by atoms with van der Waals surface area (Å²) in [6.07, 6.45) is 5.22. The first-order valence-corrected chi connectivity index (χ1v) is 7.69. The van der Waals surface area contributed by atoms with Crippen LogP contribution in [0.1, 0.15) is 24.2 Å². The molecule has 1 fully saturated rings. The van der Waals surface area contributed by atoms with Gasteiger partial charge in [0.25, 0.3) is 5.91 Å². The highest BCUT2D eigenvalue weighted by Crippen LogP contribution is 2.18. The molecule has 0 bridgehead atoms. The van der Waals surface area contributed by atoms with Crippen molar-refractivity contribution in [2.45, 2.75) is 26.1 Å². The van der Waals surface area contributed by atoms with Gasteiger partial charge in [-0.25, -0.2) is 4.98 Å². The van der Waals surface area contributed by atoms with E-state index in [1.54, 1.807) is 36.8 Å². The molecule has 1 amide bonds. The smallest absolute Gasteiger partial charge is 0.257 e. The minimum absolute atomic E-state index is 0.175. The third kappa shape index (κ3) is 3.84. The molecule has 2 aromatic rings. The molecule has 1 saturated heterocycles. The van der Waals surface area contributed by atoms with Crippen LogP contribution in [0.25, 0.3) is 0 Å². The van der Waals surface area contributed by atoms with Gasteiger partial charge in [-0.15, -0.1) is 0 Å². The maximum atomic E-state index is 12.2. The average molecular weight is 312 g/mol. The number of hydrogen-bond donors (Lipinski definition) is 1. The molecule has 120 valence electrons. The van der Waals surface area contributed by atoms with Gasteiger partial charge in [0, 0.05) is 25.5 Å². The van der Waals surface area contributed by atoms with E-state index in [-0.39, 0.29) is 18.1 Å². The van der Waals surface area contributed by atoms with E-state index in [0.717, 1.165) is 18.9 Å². The van der Waals surface area contributed by atoms with Crippen molar-refractivity contribution in [3.63, 3.8) is 0 Å². The SMILES string of the molecule is CC1CN(c2ccc(C(=O)Nc3cccnc3)cn2)CC(C)O1. The molecule has 1 N–H and O–H groups in total. The summed E-state index contributed by atoms with van der Waals surface area (Å²) in [6.45, 7) is 5.72. The first-order valence-electron chi connectivity index (χ1n) is 7.69. The largest absolute Gasteiger partial charge is 0.372 e. The van der Waals surface area contributed by atoms with Crippen LogP contribution in [0.15, 0.2) is 42.9 Å². The number of hydrogen-bond acceptors (Lipinski definition) is 5. The van der Waals surface area contributed by atoms with Crippen molar-refractivity contribution in [1.29, 1.82) is 0 Å². The number of pyridine rings is 2. The van der Waals surface area contributed by atoms with Gasteiger partial charge in [0.2, 0.25) is 0 Å². The van der Waals surface area contributed by atoms with Gasteiger partial charge in [0.15, 0.2) is 0 Å². The summed E-state index contributed by atoms with van der Waals surface area (Å²) in [5.74, 6) is 0.672. The van der Waals surface area contributed by atoms with E-state index >= 15 is 0 Å². The van der Waals surface area contributed by atoms with E-state index in [2.05, 4.69) is 34.0 Å². The molecule has 0 saturated carbocycles. The van der Waals surface area contributed by atoms with Crippen LogP contribution in [0.2, 0.25) is 0 Å². The lowest BCUT2D eigenvalue weighted by atomic mass is 10.2. The summed E-state index contributed by atoms with van der Waals surface area (Å²) in [7, 11) is 0. The number of aromatic nitrogens is 2. The lowest BCUT2D eigenvalue weighted by Gasteiger charge is -2.36. The van der Waals surface area contributed by atoms with Gasteiger partial charge in [-0.1, -0.05) is 0 Å². The zero-order valence-electron chi connectivity index (χ0n) is 13.3. The molecule has 1 aliphatic rings. The number of morpholine rings is 1. The molecular weight excluding hydrogens is 292 g/mol. The predicted molar refractivity (Wildman–Crippen MR) is 88.6 cm³/mol. The quantitative estimate of drug-likeness (QED) is 0.942. The lowest BCUT2D eigenvalue weighted by molar-refractivity contribution is -0.00546. The molecular formula is C17H20N4O2. The third-order valence-corrected chi connectivity index (χ3v) is 3.67. The number of nitrogens with one attached hydrogen (secondary N) is 1. The van der Waals surface area contributed by atoms with E-state index < -0.39 is 0 Å². The number of ether oxygens (including phenoxy) is 1. The first-order chi connectivity index (χ1) is 11.1. The number of nitrogens with zero attached hydrogens (tertiary/aromatic N) is 3. The molecule has 0 radical (unpaired) electrons. The van der Waals surface area contributed by atoms with Crippen LogP contribution in [0.4, 0.5) is 11.5 Å². The molecule has 0 spiro atoms. The van der Waals surface area contributed by atoms with Gasteiger partial charge in [-0.2, -0.15) is 0 Å². The van der Waals surface area contributed by atoms with E-state index in [1.807, 2.05) is 6.07 Å². The molecule has 2 aromatic heterocycles. The minimum atomic E-state index is -0.194. The average Bonchev–Trinajstić information content (AvgIpc) is 2.55. The Morgan fingerprint density at radius 2 is 2.00 bits per heavy atom. The molecule has 3 heterocycles. The topological polar surface area (TPSA) is 67.4 Å². The summed E-state index contributed by atoms with van der Waals surface area (Å²) in [4.78, 5) is 22.8. The van der Waals surface area contributed by atoms with Crippen molar-refractivity contribution in [2.75, 3.05) is 23.3 Å². The summed E-state index contributed by atoms with van der Waals surface area (Å²) >= 11 is 0. The molecule has 0 aliphatic carbocycles. The number of anilines is 2. The normalized spacial score (nSPS) is 21.0. The van der Waals surface area contributed by atoms with Crippen molar-refractivity contribution >= 4 is 17.4 Å². The second kappa shape index (κ2) is 6.75. The fourth-order valence-electron chi connectivity index (χ4n) is 2.71. The maximum Gasteiger partial charge on any atom is 0.257 e. The van der Waals surface area contributed by atoms with Crippen molar-refractivity contribution in [3.8, 4) is 0 Å². The first kappa shape index (κ1) is 15.4. The Hall–Kier alpha value is -2.47. The number of rotatable bonds is 3. The highest BCUT2D eigenvalue weighted by atomic mass is 16.5. The zero-order valence-corrected chi connectivity index (χ0v) is 13.3. The summed E-state index contributed by atoms with van der Waals surface area (Å²) < 4.78 is 5.73. The van der Waals surface area contributed by atoms with Crippen molar-refractivity contribution < 1.29 is 9.53 Å². The number of carbonyl (C=O) groups is 1. The Kier molecular flexibility index (Phi) is 4.52. The van der Waals surface area contributed by atoms with Gasteiger partial charge < -0.3 is 15.0 Å². The van der Waals surface area contributed by atoms with Gasteiger partial charge in [0.1, 0.15) is 5.82 Å². The van der Waals surface area contributed by atoms with Crippen molar-refractivity contribution in [2.24, 2.45) is 0 Å². The molecule has 6 nitrogen and oxygen atoms in total. The standard InChI is InChI=1S/C17H20N4O2/c1-12-10-21(11-13(2)23-12)16-6-5-14(8-19-16)17(22)20-15-4-3-7-18-9-15/h3-9,12-13H,10-11H2,1-2H3,(H,20,22). The fraction of sp³-hybridized carbons (Fsp3) is 0.353. The Labute approximate surface area is 135 Å². The monoisotopic (exact) mass is 312 g/mol. The van der Waals surface area contributed by atoms with Crippen LogP contribution in [-0.2, 0) is 4.74 Å². The maximum absolute atomic E-state index is 12.2. The van der Waals surface area contributed by atoms with Crippen LogP contribution in [0.5, 0.6) is 0 Å². The van der Waals surface area contributed by atoms with E-state index in [0.29, 0.717) is 11.3 Å². The molecule has 2 atom stereocenters. The van der Waals surface area contributed by atoms with E-state index in [9.17, 15) is 4.79 Å². The predicted octanol–water partition coefficient (Wildman–Crippen LogP) is 2.34. The van der Waals surface area contributed by atoms with Crippen LogP contribution in [-0.4, -0.2) is 41.2 Å². The molecule has 0 aromatic carbocycles. The summed E-state index contributed by atoms with van der Waals surface area (Å²) in [5, 5.41) is 2.80. The Balaban J connectivity index is 1.68. The minimum Gasteiger partial charge on any atom is -0.372 e. The molecule has 1 aliphatic heterocycles. The highest BCUT2D eigenvalue weighted by molar-refractivity contribution is 6.04. The molecule has 2 unspecified atom stereocenters. The van der Waals surface area contributed by atoms with Gasteiger partial charge >= 0.3 is 0 Å². The molecule has 3 rings (SSSR count). The number of carbonyl (C=O) groups excluding carboxylic acids is 1. The number of amides is 1. The Morgan fingerprint density at radius 1 is 1.22 bits per heavy atom. The van der Waals surface area contributed by atoms with Crippen LogP contribution in [0, 0.1) is 0 Å². The Bertz CT molecular complexity index is 650. The van der Waals surface area contributed by atoms with E-state index in [1.165, 1.54) is 0 Å². The van der Waals surface area contributed by atoms with Gasteiger partial charge in [-0.3, -0.25) is 9.78 Å². The second-order valence-corrected chi connectivity index (χ2v) is 5.76.